The average Bonchev–Trinajstić information content (AvgIpc) is 3.30. The van der Waals surface area contributed by atoms with E-state index in [0.717, 1.165) is 27.0 Å². The maximum absolute atomic E-state index is 11.9. The predicted octanol–water partition coefficient (Wildman–Crippen LogP) is 4.46. The Morgan fingerprint density at radius 1 is 1.29 bits per heavy atom. The maximum atomic E-state index is 11.9. The van der Waals surface area contributed by atoms with Gasteiger partial charge in [-0.3, -0.25) is 9.71 Å². The number of rotatable bonds is 6. The number of hydrogen-bond donors (Lipinski definition) is 2. The molecule has 0 radical (unpaired) electrons. The van der Waals surface area contributed by atoms with E-state index in [1.54, 1.807) is 29.7 Å². The molecule has 3 heterocycles. The molecule has 1 aliphatic rings. The van der Waals surface area contributed by atoms with Gasteiger partial charge in [0.1, 0.15) is 5.75 Å². The van der Waals surface area contributed by atoms with E-state index in [2.05, 4.69) is 37.0 Å². The number of halogens is 1. The van der Waals surface area contributed by atoms with E-state index in [9.17, 15) is 8.42 Å². The van der Waals surface area contributed by atoms with Gasteiger partial charge in [0.2, 0.25) is 10.0 Å². The Morgan fingerprint density at radius 3 is 2.71 bits per heavy atom. The number of pyridine rings is 1. The van der Waals surface area contributed by atoms with Crippen molar-refractivity contribution in [2.45, 2.75) is 12.1 Å². The Hall–Kier alpha value is -2.21. The van der Waals surface area contributed by atoms with Crippen LogP contribution in [0, 0.1) is 0 Å². The topological polar surface area (TPSA) is 83.6 Å². The number of benzene rings is 1. The molecule has 1 aromatic carbocycles. The van der Waals surface area contributed by atoms with Crippen molar-refractivity contribution in [3.63, 3.8) is 0 Å². The van der Waals surface area contributed by atoms with Gasteiger partial charge in [0.05, 0.1) is 36.8 Å². The monoisotopic (exact) mass is 538 g/mol. The lowest BCUT2D eigenvalue weighted by atomic mass is 10.0. The van der Waals surface area contributed by atoms with Crippen molar-refractivity contribution < 1.29 is 13.2 Å². The zero-order valence-corrected chi connectivity index (χ0v) is 20.6. The Balaban J connectivity index is 1.82. The number of hydrogen-bond acceptors (Lipinski definition) is 6. The minimum atomic E-state index is -3.49. The summed E-state index contributed by atoms with van der Waals surface area (Å²) in [5.74, 6) is 0.420. The van der Waals surface area contributed by atoms with Crippen LogP contribution in [0.4, 0.5) is 11.4 Å². The van der Waals surface area contributed by atoms with E-state index in [0.29, 0.717) is 16.5 Å². The van der Waals surface area contributed by atoms with Crippen molar-refractivity contribution in [3.05, 3.63) is 69.1 Å². The van der Waals surface area contributed by atoms with Gasteiger partial charge in [-0.15, -0.1) is 11.3 Å². The first-order valence-electron chi connectivity index (χ1n) is 9.17. The average molecular weight is 540 g/mol. The van der Waals surface area contributed by atoms with E-state index in [-0.39, 0.29) is 12.1 Å². The van der Waals surface area contributed by atoms with Crippen LogP contribution in [-0.4, -0.2) is 31.9 Å². The predicted molar refractivity (Wildman–Crippen MR) is 131 cm³/mol. The van der Waals surface area contributed by atoms with Crippen molar-refractivity contribution in [1.82, 2.24) is 10.3 Å². The van der Waals surface area contributed by atoms with Crippen LogP contribution in [-0.2, 0) is 10.0 Å². The van der Waals surface area contributed by atoms with Crippen LogP contribution in [0.25, 0.3) is 0 Å². The molecule has 2 N–H and O–H groups in total. The second-order valence-corrected chi connectivity index (χ2v) is 10.9. The van der Waals surface area contributed by atoms with E-state index >= 15 is 0 Å². The number of aromatic nitrogens is 1. The number of thiocarbonyl (C=S) groups is 1. The van der Waals surface area contributed by atoms with Crippen molar-refractivity contribution in [1.29, 1.82) is 0 Å². The molecular formula is C20H19BrN4O3S3. The van der Waals surface area contributed by atoms with Gasteiger partial charge in [-0.25, -0.2) is 8.42 Å². The molecule has 4 rings (SSSR count). The molecule has 31 heavy (non-hydrogen) atoms. The third kappa shape index (κ3) is 4.69. The molecule has 0 spiro atoms. The molecule has 162 valence electrons. The Morgan fingerprint density at radius 2 is 2.10 bits per heavy atom. The summed E-state index contributed by atoms with van der Waals surface area (Å²) in [6, 6.07) is 12.8. The third-order valence-corrected chi connectivity index (χ3v) is 7.40. The van der Waals surface area contributed by atoms with E-state index in [4.69, 9.17) is 17.0 Å². The molecule has 0 saturated carbocycles. The molecule has 3 aromatic rings. The zero-order chi connectivity index (χ0) is 22.2. The molecule has 2 atom stereocenters. The summed E-state index contributed by atoms with van der Waals surface area (Å²) in [6.45, 7) is 0. The third-order valence-electron chi connectivity index (χ3n) is 4.73. The quantitative estimate of drug-likeness (QED) is 0.448. The first-order chi connectivity index (χ1) is 14.8. The van der Waals surface area contributed by atoms with E-state index in [1.807, 2.05) is 34.5 Å². The Bertz CT molecular complexity index is 1220. The Labute approximate surface area is 198 Å². The van der Waals surface area contributed by atoms with Gasteiger partial charge >= 0.3 is 0 Å². The van der Waals surface area contributed by atoms with Gasteiger partial charge in [-0.2, -0.15) is 0 Å². The number of ether oxygens (including phenoxy) is 1. The molecule has 0 bridgehead atoms. The smallest absolute Gasteiger partial charge is 0.229 e. The highest BCUT2D eigenvalue weighted by Gasteiger charge is 2.41. The van der Waals surface area contributed by atoms with Gasteiger partial charge < -0.3 is 15.0 Å². The molecule has 1 aliphatic heterocycles. The minimum Gasteiger partial charge on any atom is -0.495 e. The highest BCUT2D eigenvalue weighted by Crippen LogP contribution is 2.45. The molecule has 0 unspecified atom stereocenters. The van der Waals surface area contributed by atoms with Crippen molar-refractivity contribution >= 4 is 66.0 Å². The van der Waals surface area contributed by atoms with Crippen LogP contribution >= 0.6 is 39.5 Å². The number of sulfonamides is 1. The van der Waals surface area contributed by atoms with Gasteiger partial charge in [0.25, 0.3) is 0 Å². The van der Waals surface area contributed by atoms with E-state index in [1.165, 1.54) is 7.11 Å². The molecule has 7 nitrogen and oxygen atoms in total. The molecular weight excluding hydrogens is 520 g/mol. The van der Waals surface area contributed by atoms with Crippen molar-refractivity contribution in [3.8, 4) is 5.75 Å². The van der Waals surface area contributed by atoms with Crippen LogP contribution in [0.1, 0.15) is 22.7 Å². The molecule has 2 aromatic heterocycles. The summed E-state index contributed by atoms with van der Waals surface area (Å²) >= 11 is 10.9. The fraction of sp³-hybridized carbons (Fsp3) is 0.200. The van der Waals surface area contributed by atoms with E-state index < -0.39 is 10.0 Å². The lowest BCUT2D eigenvalue weighted by Crippen LogP contribution is -2.29. The fourth-order valence-electron chi connectivity index (χ4n) is 3.53. The largest absolute Gasteiger partial charge is 0.495 e. The molecule has 0 aliphatic carbocycles. The number of nitrogens with zero attached hydrogens (tertiary/aromatic N) is 2. The summed E-state index contributed by atoms with van der Waals surface area (Å²) in [7, 11) is -2.00. The minimum absolute atomic E-state index is 0.168. The van der Waals surface area contributed by atoms with Crippen molar-refractivity contribution in [2.75, 3.05) is 23.0 Å². The van der Waals surface area contributed by atoms with Gasteiger partial charge in [0.15, 0.2) is 5.11 Å². The number of anilines is 2. The molecule has 1 fully saturated rings. The molecule has 0 amide bonds. The normalized spacial score (nSPS) is 18.7. The SMILES string of the molecule is COc1ccc(N2C(=S)N[C@H](c3ccccn3)[C@@H]2c2cc(Br)cs2)cc1NS(C)(=O)=O. The van der Waals surface area contributed by atoms with Crippen LogP contribution in [0.5, 0.6) is 5.75 Å². The van der Waals surface area contributed by atoms with Crippen LogP contribution in [0.3, 0.4) is 0 Å². The first-order valence-corrected chi connectivity index (χ1v) is 13.1. The number of nitrogens with one attached hydrogen (secondary N) is 2. The number of thiophene rings is 1. The lowest BCUT2D eigenvalue weighted by Gasteiger charge is -2.27. The summed E-state index contributed by atoms with van der Waals surface area (Å²) < 4.78 is 32.6. The van der Waals surface area contributed by atoms with Crippen LogP contribution < -0.4 is 19.7 Å². The fourth-order valence-corrected chi connectivity index (χ4v) is 6.01. The highest BCUT2D eigenvalue weighted by atomic mass is 79.9. The van der Waals surface area contributed by atoms with Crippen molar-refractivity contribution in [2.24, 2.45) is 0 Å². The number of methoxy groups -OCH3 is 1. The summed E-state index contributed by atoms with van der Waals surface area (Å²) in [5, 5.41) is 5.94. The highest BCUT2D eigenvalue weighted by molar-refractivity contribution is 9.10. The van der Waals surface area contributed by atoms with Gasteiger partial charge in [-0.05, 0) is 64.5 Å². The zero-order valence-electron chi connectivity index (χ0n) is 16.6. The summed E-state index contributed by atoms with van der Waals surface area (Å²) in [5.41, 5.74) is 1.94. The second-order valence-electron chi connectivity index (χ2n) is 6.92. The Kier molecular flexibility index (Phi) is 6.20. The lowest BCUT2D eigenvalue weighted by molar-refractivity contribution is 0.417. The maximum Gasteiger partial charge on any atom is 0.229 e. The van der Waals surface area contributed by atoms with Crippen LogP contribution in [0.15, 0.2) is 58.5 Å². The van der Waals surface area contributed by atoms with Crippen LogP contribution in [0.2, 0.25) is 0 Å². The summed E-state index contributed by atoms with van der Waals surface area (Å²) in [6.07, 6.45) is 2.86. The van der Waals surface area contributed by atoms with Gasteiger partial charge in [0, 0.05) is 26.6 Å². The summed E-state index contributed by atoms with van der Waals surface area (Å²) in [4.78, 5) is 7.60. The molecule has 1 saturated heterocycles. The molecule has 11 heteroatoms. The standard InChI is InChI=1S/C20H19BrN4O3S3/c1-28-16-7-6-13(10-15(16)24-31(2,26)27)25-19(17-9-12(21)11-30-17)18(23-20(25)29)14-5-3-4-8-22-14/h3-11,18-19,24H,1-2H3,(H,23,29)/t18-,19+/m1/s1. The second kappa shape index (κ2) is 8.73. The van der Waals surface area contributed by atoms with Gasteiger partial charge in [-0.1, -0.05) is 6.07 Å². The first kappa shape index (κ1) is 22.0.